The Morgan fingerprint density at radius 2 is 1.95 bits per heavy atom. The molecule has 0 spiro atoms. The Hall–Kier alpha value is -1.01. The monoisotopic (exact) mass is 357 g/mol. The average molecular weight is 358 g/mol. The minimum absolute atomic E-state index is 0.120. The number of rotatable bonds is 6. The van der Waals surface area contributed by atoms with Gasteiger partial charge in [0.05, 0.1) is 11.2 Å². The van der Waals surface area contributed by atoms with Gasteiger partial charge >= 0.3 is 5.97 Å². The minimum atomic E-state index is -0.801. The summed E-state index contributed by atoms with van der Waals surface area (Å²) in [4.78, 5) is 23.9. The van der Waals surface area contributed by atoms with E-state index in [0.717, 1.165) is 15.8 Å². The van der Waals surface area contributed by atoms with Crippen LogP contribution in [0.2, 0.25) is 0 Å². The lowest BCUT2D eigenvalue weighted by atomic mass is 9.69. The van der Waals surface area contributed by atoms with E-state index in [2.05, 4.69) is 21.2 Å². The van der Waals surface area contributed by atoms with E-state index in [1.165, 1.54) is 11.8 Å². The molecule has 1 saturated carbocycles. The van der Waals surface area contributed by atoms with Crippen molar-refractivity contribution < 1.29 is 14.7 Å². The van der Waals surface area contributed by atoms with Crippen molar-refractivity contribution in [3.63, 3.8) is 0 Å². The highest BCUT2D eigenvalue weighted by Crippen LogP contribution is 2.40. The number of aliphatic carboxylic acids is 1. The number of carboxylic acid groups (broad SMARTS) is 1. The highest BCUT2D eigenvalue weighted by atomic mass is 79.9. The van der Waals surface area contributed by atoms with Crippen LogP contribution in [0.15, 0.2) is 33.6 Å². The third kappa shape index (κ3) is 3.76. The summed E-state index contributed by atoms with van der Waals surface area (Å²) in [5.41, 5.74) is -0.724. The van der Waals surface area contributed by atoms with Crippen LogP contribution in [-0.2, 0) is 9.59 Å². The molecular weight excluding hydrogens is 342 g/mol. The number of thioether (sulfide) groups is 1. The van der Waals surface area contributed by atoms with Gasteiger partial charge < -0.3 is 10.4 Å². The van der Waals surface area contributed by atoms with Gasteiger partial charge in [0, 0.05) is 15.9 Å². The Kier molecular flexibility index (Phi) is 5.10. The zero-order chi connectivity index (χ0) is 14.6. The molecule has 6 heteroatoms. The van der Waals surface area contributed by atoms with Gasteiger partial charge in [0.1, 0.15) is 0 Å². The van der Waals surface area contributed by atoms with Crippen molar-refractivity contribution in [2.24, 2.45) is 5.41 Å². The summed E-state index contributed by atoms with van der Waals surface area (Å²) in [6, 6.07) is 7.72. The summed E-state index contributed by atoms with van der Waals surface area (Å²) in [5, 5.41) is 11.9. The molecule has 108 valence electrons. The lowest BCUT2D eigenvalue weighted by molar-refractivity contribution is -0.154. The molecule has 2 N–H and O–H groups in total. The summed E-state index contributed by atoms with van der Waals surface area (Å²) in [5.74, 6) is -0.618. The molecular formula is C14H16BrNO3S. The fourth-order valence-corrected chi connectivity index (χ4v) is 3.06. The lowest BCUT2D eigenvalue weighted by Crippen LogP contribution is -2.47. The first-order chi connectivity index (χ1) is 9.52. The largest absolute Gasteiger partial charge is 0.481 e. The van der Waals surface area contributed by atoms with Crippen LogP contribution < -0.4 is 5.32 Å². The topological polar surface area (TPSA) is 66.4 Å². The number of hydrogen-bond donors (Lipinski definition) is 2. The number of hydrogen-bond acceptors (Lipinski definition) is 3. The number of carboxylic acids is 1. The molecule has 0 unspecified atom stereocenters. The van der Waals surface area contributed by atoms with Crippen molar-refractivity contribution >= 4 is 39.6 Å². The van der Waals surface area contributed by atoms with E-state index in [1.54, 1.807) is 0 Å². The molecule has 1 aliphatic rings. The Morgan fingerprint density at radius 3 is 2.45 bits per heavy atom. The molecule has 0 aliphatic heterocycles. The summed E-state index contributed by atoms with van der Waals surface area (Å²) < 4.78 is 1.000. The molecule has 1 fully saturated rings. The SMILES string of the molecule is O=C(CSc1ccc(Br)cc1)NCC1(C(=O)O)CCC1. The number of carbonyl (C=O) groups excluding carboxylic acids is 1. The Bertz CT molecular complexity index is 500. The van der Waals surface area contributed by atoms with Crippen molar-refractivity contribution in [2.45, 2.75) is 24.2 Å². The van der Waals surface area contributed by atoms with Crippen LogP contribution in [0.25, 0.3) is 0 Å². The van der Waals surface area contributed by atoms with Crippen molar-refractivity contribution in [3.8, 4) is 0 Å². The Labute approximate surface area is 130 Å². The Morgan fingerprint density at radius 1 is 1.30 bits per heavy atom. The van der Waals surface area contributed by atoms with Gasteiger partial charge in [0.2, 0.25) is 5.91 Å². The van der Waals surface area contributed by atoms with Crippen LogP contribution in [0.3, 0.4) is 0 Å². The second kappa shape index (κ2) is 6.63. The summed E-state index contributed by atoms with van der Waals surface area (Å²) >= 11 is 4.80. The molecule has 0 aromatic heterocycles. The normalized spacial score (nSPS) is 16.2. The van der Waals surface area contributed by atoms with Gasteiger partial charge in [-0.3, -0.25) is 9.59 Å². The van der Waals surface area contributed by atoms with E-state index >= 15 is 0 Å². The zero-order valence-electron chi connectivity index (χ0n) is 10.9. The van der Waals surface area contributed by atoms with Gasteiger partial charge in [-0.05, 0) is 37.1 Å². The standard InChI is InChI=1S/C14H16BrNO3S/c15-10-2-4-11(5-3-10)20-8-12(17)16-9-14(13(18)19)6-1-7-14/h2-5H,1,6-9H2,(H,16,17)(H,18,19). The molecule has 1 amide bonds. The molecule has 20 heavy (non-hydrogen) atoms. The van der Waals surface area contributed by atoms with Crippen LogP contribution in [0.1, 0.15) is 19.3 Å². The minimum Gasteiger partial charge on any atom is -0.481 e. The number of nitrogens with one attached hydrogen (secondary N) is 1. The maximum Gasteiger partial charge on any atom is 0.311 e. The van der Waals surface area contributed by atoms with Gasteiger partial charge in [0.15, 0.2) is 0 Å². The fourth-order valence-electron chi connectivity index (χ4n) is 2.07. The highest BCUT2D eigenvalue weighted by molar-refractivity contribution is 9.10. The maximum atomic E-state index is 11.8. The first kappa shape index (κ1) is 15.4. The van der Waals surface area contributed by atoms with Gasteiger partial charge in [-0.2, -0.15) is 0 Å². The first-order valence-corrected chi connectivity index (χ1v) is 8.18. The summed E-state index contributed by atoms with van der Waals surface area (Å²) in [6.07, 6.45) is 2.24. The molecule has 0 bridgehead atoms. The van der Waals surface area contributed by atoms with Gasteiger partial charge in [0.25, 0.3) is 0 Å². The molecule has 0 radical (unpaired) electrons. The smallest absolute Gasteiger partial charge is 0.311 e. The predicted octanol–water partition coefficient (Wildman–Crippen LogP) is 2.91. The van der Waals surface area contributed by atoms with Crippen LogP contribution in [0.5, 0.6) is 0 Å². The van der Waals surface area contributed by atoms with Crippen molar-refractivity contribution in [3.05, 3.63) is 28.7 Å². The lowest BCUT2D eigenvalue weighted by Gasteiger charge is -2.37. The van der Waals surface area contributed by atoms with E-state index in [1.807, 2.05) is 24.3 Å². The molecule has 1 aliphatic carbocycles. The quantitative estimate of drug-likeness (QED) is 0.768. The molecule has 0 saturated heterocycles. The molecule has 1 aromatic carbocycles. The third-order valence-electron chi connectivity index (χ3n) is 3.57. The average Bonchev–Trinajstić information content (AvgIpc) is 2.36. The third-order valence-corrected chi connectivity index (χ3v) is 5.11. The van der Waals surface area contributed by atoms with Gasteiger partial charge in [-0.25, -0.2) is 0 Å². The van der Waals surface area contributed by atoms with E-state index in [-0.39, 0.29) is 12.5 Å². The van der Waals surface area contributed by atoms with E-state index in [9.17, 15) is 9.59 Å². The number of amides is 1. The van der Waals surface area contributed by atoms with Crippen molar-refractivity contribution in [1.82, 2.24) is 5.32 Å². The van der Waals surface area contributed by atoms with Gasteiger partial charge in [-0.1, -0.05) is 22.4 Å². The fraction of sp³-hybridized carbons (Fsp3) is 0.429. The molecule has 1 aromatic rings. The molecule has 4 nitrogen and oxygen atoms in total. The predicted molar refractivity (Wildman–Crippen MR) is 81.8 cm³/mol. The number of carbonyl (C=O) groups is 2. The Balaban J connectivity index is 1.75. The first-order valence-electron chi connectivity index (χ1n) is 6.40. The van der Waals surface area contributed by atoms with Crippen molar-refractivity contribution in [1.29, 1.82) is 0 Å². The maximum absolute atomic E-state index is 11.8. The zero-order valence-corrected chi connectivity index (χ0v) is 13.3. The molecule has 0 heterocycles. The summed E-state index contributed by atoms with van der Waals surface area (Å²) in [7, 11) is 0. The van der Waals surface area contributed by atoms with Crippen LogP contribution >= 0.6 is 27.7 Å². The number of benzene rings is 1. The summed E-state index contributed by atoms with van der Waals surface area (Å²) in [6.45, 7) is 0.238. The van der Waals surface area contributed by atoms with Crippen molar-refractivity contribution in [2.75, 3.05) is 12.3 Å². The molecule has 0 atom stereocenters. The van der Waals surface area contributed by atoms with E-state index in [4.69, 9.17) is 5.11 Å². The van der Waals surface area contributed by atoms with Gasteiger partial charge in [-0.15, -0.1) is 11.8 Å². The molecule has 2 rings (SSSR count). The highest BCUT2D eigenvalue weighted by Gasteiger charge is 2.44. The van der Waals surface area contributed by atoms with Crippen LogP contribution in [0, 0.1) is 5.41 Å². The van der Waals surface area contributed by atoms with Crippen LogP contribution in [-0.4, -0.2) is 29.3 Å². The van der Waals surface area contributed by atoms with E-state index in [0.29, 0.717) is 18.6 Å². The number of halogens is 1. The van der Waals surface area contributed by atoms with Crippen LogP contribution in [0.4, 0.5) is 0 Å². The van der Waals surface area contributed by atoms with E-state index < -0.39 is 11.4 Å². The second-order valence-corrected chi connectivity index (χ2v) is 6.92. The second-order valence-electron chi connectivity index (χ2n) is 4.96.